The number of hydrogen-bond acceptors (Lipinski definition) is 8. The minimum Gasteiger partial charge on any atom is -0.465 e. The second-order valence-electron chi connectivity index (χ2n) is 15.1. The summed E-state index contributed by atoms with van der Waals surface area (Å²) >= 11 is 0. The number of carbonyl (C=O) groups excluding carboxylic acids is 4. The molecule has 1 aliphatic heterocycles. The van der Waals surface area contributed by atoms with Gasteiger partial charge in [-0.2, -0.15) is 0 Å². The first-order valence-electron chi connectivity index (χ1n) is 16.2. The van der Waals surface area contributed by atoms with Crippen LogP contribution in [0.3, 0.4) is 0 Å². The molecule has 1 saturated heterocycles. The molecule has 1 heterocycles. The zero-order valence-corrected chi connectivity index (χ0v) is 29.3. The second kappa shape index (κ2) is 15.6. The lowest BCUT2D eigenvalue weighted by atomic mass is 9.65. The van der Waals surface area contributed by atoms with E-state index in [0.29, 0.717) is 45.4 Å². The standard InChI is InChI=1S/C34H61NO8/c1-13-16-21-40-27(37)32(11,14-2)24-33(12,28(38)41-22-25(4)5)23-31(9,10)26(36)42-34(15-3)17-19-35(20-18-34)29(39)43-30(6,7)8/h25H,13-24H2,1-12H3. The fraction of sp³-hybridized carbons (Fsp3) is 0.882. The first-order chi connectivity index (χ1) is 19.7. The Morgan fingerprint density at radius 3 is 1.81 bits per heavy atom. The quantitative estimate of drug-likeness (QED) is 0.107. The predicted octanol–water partition coefficient (Wildman–Crippen LogP) is 7.48. The van der Waals surface area contributed by atoms with Crippen LogP contribution in [0.2, 0.25) is 0 Å². The van der Waals surface area contributed by atoms with Crippen molar-refractivity contribution in [1.82, 2.24) is 4.90 Å². The molecule has 0 aliphatic carbocycles. The molecule has 43 heavy (non-hydrogen) atoms. The van der Waals surface area contributed by atoms with Gasteiger partial charge in [0.15, 0.2) is 0 Å². The summed E-state index contributed by atoms with van der Waals surface area (Å²) in [5, 5.41) is 0. The van der Waals surface area contributed by atoms with Crippen molar-refractivity contribution in [3.05, 3.63) is 0 Å². The van der Waals surface area contributed by atoms with Crippen LogP contribution in [0.4, 0.5) is 4.79 Å². The molecule has 0 radical (unpaired) electrons. The molecule has 1 amide bonds. The van der Waals surface area contributed by atoms with Crippen LogP contribution >= 0.6 is 0 Å². The summed E-state index contributed by atoms with van der Waals surface area (Å²) in [6.45, 7) is 23.9. The maximum atomic E-state index is 13.8. The minimum atomic E-state index is -1.15. The highest BCUT2D eigenvalue weighted by Crippen LogP contribution is 2.46. The second-order valence-corrected chi connectivity index (χ2v) is 15.1. The summed E-state index contributed by atoms with van der Waals surface area (Å²) in [5.41, 5.74) is -4.45. The number of esters is 3. The molecule has 250 valence electrons. The van der Waals surface area contributed by atoms with Gasteiger partial charge in [-0.3, -0.25) is 14.4 Å². The van der Waals surface area contributed by atoms with E-state index in [0.717, 1.165) is 12.8 Å². The Labute approximate surface area is 261 Å². The van der Waals surface area contributed by atoms with Gasteiger partial charge in [-0.25, -0.2) is 4.79 Å². The molecule has 0 saturated carbocycles. The van der Waals surface area contributed by atoms with Crippen LogP contribution in [0.1, 0.15) is 134 Å². The summed E-state index contributed by atoms with van der Waals surface area (Å²) in [7, 11) is 0. The Kier molecular flexibility index (Phi) is 14.0. The number of nitrogens with zero attached hydrogens (tertiary/aromatic N) is 1. The highest BCUT2D eigenvalue weighted by molar-refractivity contribution is 5.83. The van der Waals surface area contributed by atoms with Gasteiger partial charge in [0.25, 0.3) is 0 Å². The van der Waals surface area contributed by atoms with Crippen LogP contribution in [0.15, 0.2) is 0 Å². The third-order valence-electron chi connectivity index (χ3n) is 8.49. The molecule has 2 unspecified atom stereocenters. The van der Waals surface area contributed by atoms with Crippen LogP contribution in [-0.2, 0) is 33.3 Å². The Balaban J connectivity index is 3.18. The van der Waals surface area contributed by atoms with E-state index in [1.54, 1.807) is 25.7 Å². The average molecular weight is 612 g/mol. The molecule has 1 rings (SSSR count). The molecule has 0 N–H and O–H groups in total. The van der Waals surface area contributed by atoms with E-state index in [1.165, 1.54) is 0 Å². The molecular weight excluding hydrogens is 550 g/mol. The third-order valence-corrected chi connectivity index (χ3v) is 8.49. The molecule has 0 spiro atoms. The van der Waals surface area contributed by atoms with Crippen molar-refractivity contribution in [1.29, 1.82) is 0 Å². The normalized spacial score (nSPS) is 18.3. The first-order valence-corrected chi connectivity index (χ1v) is 16.2. The van der Waals surface area contributed by atoms with Crippen molar-refractivity contribution >= 4 is 24.0 Å². The number of likely N-dealkylation sites (tertiary alicyclic amines) is 1. The summed E-state index contributed by atoms with van der Waals surface area (Å²) in [4.78, 5) is 55.0. The number of rotatable bonds is 15. The van der Waals surface area contributed by atoms with Crippen molar-refractivity contribution in [2.24, 2.45) is 22.2 Å². The van der Waals surface area contributed by atoms with Crippen LogP contribution < -0.4 is 0 Å². The van der Waals surface area contributed by atoms with Gasteiger partial charge >= 0.3 is 24.0 Å². The number of hydrogen-bond donors (Lipinski definition) is 0. The van der Waals surface area contributed by atoms with Crippen molar-refractivity contribution in [3.63, 3.8) is 0 Å². The zero-order chi connectivity index (χ0) is 33.3. The van der Waals surface area contributed by atoms with E-state index in [1.807, 2.05) is 62.3 Å². The fourth-order valence-electron chi connectivity index (χ4n) is 5.64. The van der Waals surface area contributed by atoms with E-state index in [9.17, 15) is 19.2 Å². The van der Waals surface area contributed by atoms with E-state index in [-0.39, 0.29) is 37.4 Å². The highest BCUT2D eigenvalue weighted by atomic mass is 16.6. The molecule has 9 nitrogen and oxygen atoms in total. The first kappa shape index (κ1) is 38.7. The topological polar surface area (TPSA) is 108 Å². The predicted molar refractivity (Wildman–Crippen MR) is 167 cm³/mol. The molecular formula is C34H61NO8. The van der Waals surface area contributed by atoms with Gasteiger partial charge in [-0.05, 0) is 86.5 Å². The van der Waals surface area contributed by atoms with Crippen LogP contribution in [0, 0.1) is 22.2 Å². The number of piperidine rings is 1. The number of amides is 1. The molecule has 1 aliphatic rings. The van der Waals surface area contributed by atoms with E-state index < -0.39 is 39.4 Å². The fourth-order valence-corrected chi connectivity index (χ4v) is 5.64. The van der Waals surface area contributed by atoms with Gasteiger partial charge in [-0.1, -0.05) is 41.0 Å². The van der Waals surface area contributed by atoms with Crippen LogP contribution in [0.25, 0.3) is 0 Å². The lowest BCUT2D eigenvalue weighted by Gasteiger charge is -2.44. The smallest absolute Gasteiger partial charge is 0.410 e. The zero-order valence-electron chi connectivity index (χ0n) is 29.3. The Morgan fingerprint density at radius 1 is 0.791 bits per heavy atom. The molecule has 0 aromatic heterocycles. The number of ether oxygens (including phenoxy) is 4. The third kappa shape index (κ3) is 11.6. The van der Waals surface area contributed by atoms with E-state index in [2.05, 4.69) is 0 Å². The van der Waals surface area contributed by atoms with Crippen LogP contribution in [-0.4, -0.2) is 66.4 Å². The monoisotopic (exact) mass is 611 g/mol. The Bertz CT molecular complexity index is 945. The SMILES string of the molecule is CCCCOC(=O)C(C)(CC)CC(C)(CC(C)(C)C(=O)OC1(CC)CCN(C(=O)OC(C)(C)C)CC1)C(=O)OCC(C)C. The highest BCUT2D eigenvalue weighted by Gasteiger charge is 2.51. The van der Waals surface area contributed by atoms with E-state index in [4.69, 9.17) is 18.9 Å². The summed E-state index contributed by atoms with van der Waals surface area (Å²) in [6.07, 6.45) is 3.69. The Morgan fingerprint density at radius 2 is 1.35 bits per heavy atom. The van der Waals surface area contributed by atoms with Gasteiger partial charge in [0.1, 0.15) is 11.2 Å². The Hall–Kier alpha value is -2.32. The van der Waals surface area contributed by atoms with Gasteiger partial charge in [-0.15, -0.1) is 0 Å². The summed E-state index contributed by atoms with van der Waals surface area (Å²) in [5.74, 6) is -1.04. The number of unbranched alkanes of at least 4 members (excludes halogenated alkanes) is 1. The van der Waals surface area contributed by atoms with E-state index >= 15 is 0 Å². The van der Waals surface area contributed by atoms with Gasteiger partial charge in [0.2, 0.25) is 0 Å². The lowest BCUT2D eigenvalue weighted by molar-refractivity contribution is -0.180. The maximum Gasteiger partial charge on any atom is 0.410 e. The summed E-state index contributed by atoms with van der Waals surface area (Å²) < 4.78 is 23.1. The molecule has 0 bridgehead atoms. The molecule has 0 aromatic carbocycles. The average Bonchev–Trinajstić information content (AvgIpc) is 2.90. The molecule has 2 atom stereocenters. The van der Waals surface area contributed by atoms with Crippen molar-refractivity contribution in [2.45, 2.75) is 146 Å². The molecule has 1 fully saturated rings. The van der Waals surface area contributed by atoms with Crippen LogP contribution in [0.5, 0.6) is 0 Å². The van der Waals surface area contributed by atoms with Gasteiger partial charge in [0, 0.05) is 25.9 Å². The summed E-state index contributed by atoms with van der Waals surface area (Å²) in [6, 6.07) is 0. The lowest BCUT2D eigenvalue weighted by Crippen LogP contribution is -2.51. The van der Waals surface area contributed by atoms with Gasteiger partial charge < -0.3 is 23.8 Å². The minimum absolute atomic E-state index is 0.136. The molecule has 0 aromatic rings. The maximum absolute atomic E-state index is 13.8. The van der Waals surface area contributed by atoms with Crippen molar-refractivity contribution < 1.29 is 38.1 Å². The number of carbonyl (C=O) groups is 4. The molecule has 9 heteroatoms. The van der Waals surface area contributed by atoms with Crippen molar-refractivity contribution in [2.75, 3.05) is 26.3 Å². The largest absolute Gasteiger partial charge is 0.465 e. The van der Waals surface area contributed by atoms with Crippen molar-refractivity contribution in [3.8, 4) is 0 Å². The van der Waals surface area contributed by atoms with Gasteiger partial charge in [0.05, 0.1) is 29.5 Å².